The van der Waals surface area contributed by atoms with E-state index in [2.05, 4.69) is 101 Å². The lowest BCUT2D eigenvalue weighted by Gasteiger charge is -2.19. The van der Waals surface area contributed by atoms with Gasteiger partial charge in [0.25, 0.3) is 0 Å². The molecule has 4 aromatic carbocycles. The molecular formula is C36H32N8. The van der Waals surface area contributed by atoms with Crippen molar-refractivity contribution in [3.8, 4) is 45.0 Å². The number of aromatic nitrogens is 8. The topological polar surface area (TPSA) is 98.1 Å². The van der Waals surface area contributed by atoms with E-state index in [1.165, 1.54) is 0 Å². The second-order valence-corrected chi connectivity index (χ2v) is 12.2. The molecule has 0 saturated heterocycles. The maximum absolute atomic E-state index is 5.32. The fourth-order valence-electron chi connectivity index (χ4n) is 5.67. The summed E-state index contributed by atoms with van der Waals surface area (Å²) in [4.78, 5) is 5.32. The molecule has 3 aromatic heterocycles. The smallest absolute Gasteiger partial charge is 0.180 e. The van der Waals surface area contributed by atoms with E-state index in [9.17, 15) is 0 Å². The monoisotopic (exact) mass is 576 g/mol. The van der Waals surface area contributed by atoms with Gasteiger partial charge in [-0.3, -0.25) is 0 Å². The fourth-order valence-corrected chi connectivity index (χ4v) is 5.67. The van der Waals surface area contributed by atoms with E-state index in [4.69, 9.17) is 15.2 Å². The number of tetrazole rings is 1. The van der Waals surface area contributed by atoms with Crippen LogP contribution in [-0.4, -0.2) is 40.4 Å². The summed E-state index contributed by atoms with van der Waals surface area (Å²) in [5.41, 5.74) is 9.61. The SMILES string of the molecule is CC(C)(C)Cc1nc2c(-c3ccccc3)nnc(-c3ccccc3)c2n1Cc1ccc(-c2ccccc2)c(-c2nnn[nH]2)c1. The first-order valence-electron chi connectivity index (χ1n) is 14.7. The van der Waals surface area contributed by atoms with Crippen LogP contribution < -0.4 is 0 Å². The van der Waals surface area contributed by atoms with E-state index < -0.39 is 0 Å². The Hall–Kier alpha value is -5.50. The highest BCUT2D eigenvalue weighted by atomic mass is 15.5. The summed E-state index contributed by atoms with van der Waals surface area (Å²) in [6.07, 6.45) is 0.783. The molecule has 0 radical (unpaired) electrons. The second kappa shape index (κ2) is 11.3. The summed E-state index contributed by atoms with van der Waals surface area (Å²) >= 11 is 0. The van der Waals surface area contributed by atoms with Crippen molar-refractivity contribution >= 4 is 11.0 Å². The molecule has 0 amide bonds. The van der Waals surface area contributed by atoms with Gasteiger partial charge in [-0.1, -0.05) is 124 Å². The molecule has 216 valence electrons. The standard InChI is InChI=1S/C36H32N8/c1-36(2,3)22-30-37-33-31(26-15-9-5-10-16-26)38-39-32(27-17-11-6-12-18-27)34(33)44(30)23-24-19-20-28(25-13-7-4-8-14-25)29(21-24)35-40-42-43-41-35/h4-21H,22-23H2,1-3H3,(H,40,41,42,43). The third-order valence-electron chi connectivity index (χ3n) is 7.64. The molecule has 8 nitrogen and oxygen atoms in total. The zero-order valence-electron chi connectivity index (χ0n) is 24.9. The van der Waals surface area contributed by atoms with Gasteiger partial charge in [0, 0.05) is 29.7 Å². The highest BCUT2D eigenvalue weighted by Crippen LogP contribution is 2.36. The van der Waals surface area contributed by atoms with Crippen LogP contribution >= 0.6 is 0 Å². The van der Waals surface area contributed by atoms with Crippen LogP contribution in [0.2, 0.25) is 0 Å². The molecule has 7 rings (SSSR count). The molecule has 7 aromatic rings. The van der Waals surface area contributed by atoms with Crippen LogP contribution in [0, 0.1) is 5.41 Å². The van der Waals surface area contributed by atoms with Crippen LogP contribution in [0.3, 0.4) is 0 Å². The van der Waals surface area contributed by atoms with E-state index in [0.717, 1.165) is 68.0 Å². The van der Waals surface area contributed by atoms with Crippen LogP contribution in [0.5, 0.6) is 0 Å². The molecule has 0 aliphatic carbocycles. The van der Waals surface area contributed by atoms with E-state index >= 15 is 0 Å². The zero-order chi connectivity index (χ0) is 30.1. The summed E-state index contributed by atoms with van der Waals surface area (Å²) in [5.74, 6) is 1.62. The van der Waals surface area contributed by atoms with Crippen molar-refractivity contribution in [3.05, 3.63) is 121 Å². The van der Waals surface area contributed by atoms with Gasteiger partial charge in [-0.15, -0.1) is 15.3 Å². The third kappa shape index (κ3) is 5.38. The highest BCUT2D eigenvalue weighted by Gasteiger charge is 2.25. The number of hydrogen-bond donors (Lipinski definition) is 1. The lowest BCUT2D eigenvalue weighted by molar-refractivity contribution is 0.394. The molecule has 0 atom stereocenters. The molecule has 3 heterocycles. The number of imidazole rings is 1. The first kappa shape index (κ1) is 27.3. The lowest BCUT2D eigenvalue weighted by Crippen LogP contribution is -2.15. The molecule has 0 spiro atoms. The minimum Gasteiger partial charge on any atom is -0.322 e. The number of benzene rings is 4. The normalized spacial score (nSPS) is 11.7. The Bertz CT molecular complexity index is 2030. The Morgan fingerprint density at radius 3 is 1.89 bits per heavy atom. The predicted octanol–water partition coefficient (Wildman–Crippen LogP) is 7.64. The maximum Gasteiger partial charge on any atom is 0.180 e. The lowest BCUT2D eigenvalue weighted by atomic mass is 9.92. The van der Waals surface area contributed by atoms with Gasteiger partial charge in [-0.2, -0.15) is 0 Å². The van der Waals surface area contributed by atoms with Gasteiger partial charge in [-0.05, 0) is 38.6 Å². The van der Waals surface area contributed by atoms with Gasteiger partial charge in [0.1, 0.15) is 22.7 Å². The van der Waals surface area contributed by atoms with Gasteiger partial charge < -0.3 is 4.57 Å². The molecule has 0 fully saturated rings. The van der Waals surface area contributed by atoms with Crippen LogP contribution in [0.4, 0.5) is 0 Å². The Balaban J connectivity index is 1.46. The van der Waals surface area contributed by atoms with Gasteiger partial charge in [-0.25, -0.2) is 10.1 Å². The fraction of sp³-hybridized carbons (Fsp3) is 0.167. The first-order valence-corrected chi connectivity index (χ1v) is 14.7. The van der Waals surface area contributed by atoms with Crippen molar-refractivity contribution < 1.29 is 0 Å². The third-order valence-corrected chi connectivity index (χ3v) is 7.64. The number of aromatic amines is 1. The van der Waals surface area contributed by atoms with Gasteiger partial charge >= 0.3 is 0 Å². The summed E-state index contributed by atoms with van der Waals surface area (Å²) in [6.45, 7) is 7.32. The molecule has 0 aliphatic rings. The molecule has 0 aliphatic heterocycles. The maximum atomic E-state index is 5.32. The van der Waals surface area contributed by atoms with Crippen LogP contribution in [0.15, 0.2) is 109 Å². The summed E-state index contributed by atoms with van der Waals surface area (Å²) < 4.78 is 2.32. The molecule has 0 unspecified atom stereocenters. The molecule has 1 N–H and O–H groups in total. The number of hydrogen-bond acceptors (Lipinski definition) is 6. The molecule has 44 heavy (non-hydrogen) atoms. The van der Waals surface area contributed by atoms with Crippen molar-refractivity contribution in [1.82, 2.24) is 40.4 Å². The van der Waals surface area contributed by atoms with Crippen molar-refractivity contribution in [2.24, 2.45) is 5.41 Å². The summed E-state index contributed by atoms with van der Waals surface area (Å²) in [5, 5.41) is 24.6. The zero-order valence-corrected chi connectivity index (χ0v) is 24.9. The number of fused-ring (bicyclic) bond motifs is 1. The van der Waals surface area contributed by atoms with Crippen molar-refractivity contribution in [2.45, 2.75) is 33.7 Å². The van der Waals surface area contributed by atoms with Crippen molar-refractivity contribution in [2.75, 3.05) is 0 Å². The Morgan fingerprint density at radius 1 is 0.659 bits per heavy atom. The Kier molecular flexibility index (Phi) is 7.02. The Labute approximate surface area is 255 Å². The number of nitrogens with one attached hydrogen (secondary N) is 1. The Morgan fingerprint density at radius 2 is 1.27 bits per heavy atom. The molecule has 8 heteroatoms. The number of rotatable bonds is 7. The van der Waals surface area contributed by atoms with E-state index in [1.807, 2.05) is 54.6 Å². The summed E-state index contributed by atoms with van der Waals surface area (Å²) in [7, 11) is 0. The van der Waals surface area contributed by atoms with Gasteiger partial charge in [0.15, 0.2) is 5.82 Å². The predicted molar refractivity (Wildman–Crippen MR) is 174 cm³/mol. The summed E-state index contributed by atoms with van der Waals surface area (Å²) in [6, 6.07) is 37.2. The van der Waals surface area contributed by atoms with E-state index in [-0.39, 0.29) is 5.41 Å². The average Bonchev–Trinajstić information content (AvgIpc) is 3.70. The average molecular weight is 577 g/mol. The minimum absolute atomic E-state index is 0.00758. The minimum atomic E-state index is 0.00758. The number of nitrogens with zero attached hydrogens (tertiary/aromatic N) is 7. The quantitative estimate of drug-likeness (QED) is 0.209. The van der Waals surface area contributed by atoms with Crippen molar-refractivity contribution in [1.29, 1.82) is 0 Å². The highest BCUT2D eigenvalue weighted by molar-refractivity contribution is 5.97. The van der Waals surface area contributed by atoms with Gasteiger partial charge in [0.2, 0.25) is 0 Å². The van der Waals surface area contributed by atoms with Crippen LogP contribution in [0.1, 0.15) is 32.2 Å². The molecule has 0 saturated carbocycles. The van der Waals surface area contributed by atoms with Crippen molar-refractivity contribution in [3.63, 3.8) is 0 Å². The van der Waals surface area contributed by atoms with E-state index in [0.29, 0.717) is 12.4 Å². The van der Waals surface area contributed by atoms with Gasteiger partial charge in [0.05, 0.1) is 5.52 Å². The second-order valence-electron chi connectivity index (χ2n) is 12.2. The van der Waals surface area contributed by atoms with E-state index in [1.54, 1.807) is 0 Å². The van der Waals surface area contributed by atoms with Crippen LogP contribution in [-0.2, 0) is 13.0 Å². The molecule has 0 bridgehead atoms. The largest absolute Gasteiger partial charge is 0.322 e. The first-order chi connectivity index (χ1) is 21.4. The van der Waals surface area contributed by atoms with Crippen LogP contribution in [0.25, 0.3) is 56.1 Å². The number of H-pyrrole nitrogens is 1. The molecular weight excluding hydrogens is 544 g/mol.